The summed E-state index contributed by atoms with van der Waals surface area (Å²) in [5, 5.41) is 22.3. The minimum atomic E-state index is -0.768. The van der Waals surface area contributed by atoms with Gasteiger partial charge in [-0.1, -0.05) is 59.8 Å². The van der Waals surface area contributed by atoms with E-state index in [4.69, 9.17) is 4.42 Å². The van der Waals surface area contributed by atoms with Gasteiger partial charge in [0.05, 0.1) is 17.6 Å². The Morgan fingerprint density at radius 1 is 0.926 bits per heavy atom. The van der Waals surface area contributed by atoms with Gasteiger partial charge in [0.2, 0.25) is 0 Å². The summed E-state index contributed by atoms with van der Waals surface area (Å²) >= 11 is 0. The summed E-state index contributed by atoms with van der Waals surface area (Å²) in [4.78, 5) is 0. The predicted molar refractivity (Wildman–Crippen MR) is 104 cm³/mol. The first-order valence-corrected chi connectivity index (χ1v) is 8.84. The quantitative estimate of drug-likeness (QED) is 0.517. The number of rotatable bonds is 4. The molecule has 0 saturated heterocycles. The third kappa shape index (κ3) is 2.88. The van der Waals surface area contributed by atoms with Crippen LogP contribution in [0, 0.1) is 0 Å². The van der Waals surface area contributed by atoms with Gasteiger partial charge in [0.15, 0.2) is 0 Å². The van der Waals surface area contributed by atoms with Gasteiger partial charge < -0.3 is 9.52 Å². The molecule has 0 spiro atoms. The highest BCUT2D eigenvalue weighted by Gasteiger charge is 2.16. The Bertz CT molecular complexity index is 1200. The number of fused-ring (bicyclic) bond motifs is 2. The minimum Gasteiger partial charge on any atom is -0.458 e. The van der Waals surface area contributed by atoms with Crippen molar-refractivity contribution in [3.05, 3.63) is 90.4 Å². The largest absolute Gasteiger partial charge is 0.458 e. The van der Waals surface area contributed by atoms with E-state index in [0.717, 1.165) is 27.4 Å². The standard InChI is InChI=1S/C22H17N3O2/c26-20(22-12-16-7-2-4-11-21(16)27-22)13-17-14-25(24-23-17)19-10-5-8-15-6-1-3-9-18(15)19/h1-12,14,20,26H,13H2. The molecule has 5 heteroatoms. The fourth-order valence-electron chi connectivity index (χ4n) is 3.38. The molecule has 3 aromatic carbocycles. The molecule has 132 valence electrons. The Morgan fingerprint density at radius 3 is 2.59 bits per heavy atom. The average Bonchev–Trinajstić information content (AvgIpc) is 3.34. The molecule has 0 saturated carbocycles. The van der Waals surface area contributed by atoms with Crippen molar-refractivity contribution in [2.75, 3.05) is 0 Å². The van der Waals surface area contributed by atoms with Crippen molar-refractivity contribution in [3.8, 4) is 5.69 Å². The van der Waals surface area contributed by atoms with Crippen molar-refractivity contribution in [2.45, 2.75) is 12.5 Å². The van der Waals surface area contributed by atoms with Gasteiger partial charge in [-0.3, -0.25) is 0 Å². The Morgan fingerprint density at radius 2 is 1.70 bits per heavy atom. The third-order valence-electron chi connectivity index (χ3n) is 4.73. The van der Waals surface area contributed by atoms with E-state index >= 15 is 0 Å². The number of hydrogen-bond acceptors (Lipinski definition) is 4. The molecule has 0 radical (unpaired) electrons. The van der Waals surface area contributed by atoms with Crippen molar-refractivity contribution in [1.82, 2.24) is 15.0 Å². The minimum absolute atomic E-state index is 0.338. The molecule has 0 bridgehead atoms. The summed E-state index contributed by atoms with van der Waals surface area (Å²) in [6.45, 7) is 0. The van der Waals surface area contributed by atoms with Gasteiger partial charge in [0, 0.05) is 17.2 Å². The second-order valence-electron chi connectivity index (χ2n) is 6.56. The molecule has 0 amide bonds. The molecule has 2 heterocycles. The first-order valence-electron chi connectivity index (χ1n) is 8.84. The number of aliphatic hydroxyl groups is 1. The van der Waals surface area contributed by atoms with Crippen LogP contribution in [-0.4, -0.2) is 20.1 Å². The maximum atomic E-state index is 10.6. The second-order valence-corrected chi connectivity index (χ2v) is 6.56. The van der Waals surface area contributed by atoms with E-state index in [1.807, 2.05) is 60.8 Å². The average molecular weight is 355 g/mol. The number of benzene rings is 3. The van der Waals surface area contributed by atoms with Crippen molar-refractivity contribution < 1.29 is 9.52 Å². The van der Waals surface area contributed by atoms with Gasteiger partial charge in [0.25, 0.3) is 0 Å². The monoisotopic (exact) mass is 355 g/mol. The Kier molecular flexibility index (Phi) is 3.73. The fourth-order valence-corrected chi connectivity index (χ4v) is 3.38. The van der Waals surface area contributed by atoms with Crippen LogP contribution in [-0.2, 0) is 6.42 Å². The molecular weight excluding hydrogens is 338 g/mol. The van der Waals surface area contributed by atoms with Gasteiger partial charge in [-0.25, -0.2) is 4.68 Å². The van der Waals surface area contributed by atoms with Crippen LogP contribution < -0.4 is 0 Å². The molecule has 27 heavy (non-hydrogen) atoms. The van der Waals surface area contributed by atoms with E-state index in [-0.39, 0.29) is 0 Å². The molecule has 0 aliphatic heterocycles. The maximum absolute atomic E-state index is 10.6. The van der Waals surface area contributed by atoms with Crippen LogP contribution in [0.15, 0.2) is 83.4 Å². The molecule has 5 nitrogen and oxygen atoms in total. The van der Waals surface area contributed by atoms with Gasteiger partial charge in [-0.2, -0.15) is 0 Å². The van der Waals surface area contributed by atoms with Crippen molar-refractivity contribution >= 4 is 21.7 Å². The number of para-hydroxylation sites is 1. The van der Waals surface area contributed by atoms with Gasteiger partial charge in [0.1, 0.15) is 17.4 Å². The third-order valence-corrected chi connectivity index (χ3v) is 4.73. The van der Waals surface area contributed by atoms with E-state index in [9.17, 15) is 5.11 Å². The van der Waals surface area contributed by atoms with Crippen LogP contribution in [0.25, 0.3) is 27.4 Å². The summed E-state index contributed by atoms with van der Waals surface area (Å²) in [5.41, 5.74) is 2.44. The number of aromatic nitrogens is 3. The van der Waals surface area contributed by atoms with E-state index < -0.39 is 6.10 Å². The Balaban J connectivity index is 1.43. The number of aliphatic hydroxyl groups excluding tert-OH is 1. The van der Waals surface area contributed by atoms with Gasteiger partial charge >= 0.3 is 0 Å². The molecule has 0 fully saturated rings. The Labute approximate surface area is 155 Å². The molecule has 2 aromatic heterocycles. The van der Waals surface area contributed by atoms with Crippen LogP contribution >= 0.6 is 0 Å². The van der Waals surface area contributed by atoms with Crippen molar-refractivity contribution in [2.24, 2.45) is 0 Å². The van der Waals surface area contributed by atoms with Crippen LogP contribution in [0.3, 0.4) is 0 Å². The van der Waals surface area contributed by atoms with Gasteiger partial charge in [-0.05, 0) is 23.6 Å². The van der Waals surface area contributed by atoms with Crippen molar-refractivity contribution in [3.63, 3.8) is 0 Å². The lowest BCUT2D eigenvalue weighted by molar-refractivity contribution is 0.151. The summed E-state index contributed by atoms with van der Waals surface area (Å²) in [7, 11) is 0. The lowest BCUT2D eigenvalue weighted by atomic mass is 10.1. The summed E-state index contributed by atoms with van der Waals surface area (Å²) in [6, 6.07) is 23.8. The molecule has 5 rings (SSSR count). The summed E-state index contributed by atoms with van der Waals surface area (Å²) in [5.74, 6) is 0.538. The molecule has 5 aromatic rings. The number of hydrogen-bond donors (Lipinski definition) is 1. The molecule has 1 atom stereocenters. The summed E-state index contributed by atoms with van der Waals surface area (Å²) in [6.07, 6.45) is 1.42. The van der Waals surface area contributed by atoms with E-state index in [2.05, 4.69) is 28.5 Å². The highest BCUT2D eigenvalue weighted by molar-refractivity contribution is 5.89. The molecule has 0 aliphatic rings. The van der Waals surface area contributed by atoms with Crippen LogP contribution in [0.4, 0.5) is 0 Å². The highest BCUT2D eigenvalue weighted by Crippen LogP contribution is 2.26. The zero-order chi connectivity index (χ0) is 18.2. The molecule has 1 N–H and O–H groups in total. The van der Waals surface area contributed by atoms with Crippen LogP contribution in [0.1, 0.15) is 17.6 Å². The zero-order valence-electron chi connectivity index (χ0n) is 14.5. The smallest absolute Gasteiger partial charge is 0.134 e. The lowest BCUT2D eigenvalue weighted by Crippen LogP contribution is -2.00. The Hall–Kier alpha value is -3.44. The van der Waals surface area contributed by atoms with E-state index in [1.165, 1.54) is 0 Å². The van der Waals surface area contributed by atoms with Crippen LogP contribution in [0.2, 0.25) is 0 Å². The van der Waals surface area contributed by atoms with E-state index in [1.54, 1.807) is 4.68 Å². The van der Waals surface area contributed by atoms with E-state index in [0.29, 0.717) is 17.9 Å². The number of furan rings is 1. The first kappa shape index (κ1) is 15.8. The molecule has 0 aliphatic carbocycles. The second kappa shape index (κ2) is 6.37. The highest BCUT2D eigenvalue weighted by atomic mass is 16.4. The van der Waals surface area contributed by atoms with Crippen LogP contribution in [0.5, 0.6) is 0 Å². The molecular formula is C22H17N3O2. The normalized spacial score (nSPS) is 12.6. The molecule has 1 unspecified atom stereocenters. The summed E-state index contributed by atoms with van der Waals surface area (Å²) < 4.78 is 7.50. The fraction of sp³-hybridized carbons (Fsp3) is 0.0909. The predicted octanol–water partition coefficient (Wildman–Crippen LogP) is 4.44. The topological polar surface area (TPSA) is 64.1 Å². The number of nitrogens with zero attached hydrogens (tertiary/aromatic N) is 3. The van der Waals surface area contributed by atoms with Crippen molar-refractivity contribution in [1.29, 1.82) is 0 Å². The zero-order valence-corrected chi connectivity index (χ0v) is 14.5. The maximum Gasteiger partial charge on any atom is 0.134 e. The SMILES string of the molecule is OC(Cc1cn(-c2cccc3ccccc23)nn1)c1cc2ccccc2o1. The first-order chi connectivity index (χ1) is 13.3. The lowest BCUT2D eigenvalue weighted by Gasteiger charge is -2.06. The van der Waals surface area contributed by atoms with Gasteiger partial charge in [-0.15, -0.1) is 5.10 Å².